The van der Waals surface area contributed by atoms with E-state index < -0.39 is 0 Å². The van der Waals surface area contributed by atoms with Crippen molar-refractivity contribution in [2.45, 2.75) is 38.0 Å². The molecule has 0 amide bonds. The molecule has 10 aromatic carbocycles. The summed E-state index contributed by atoms with van der Waals surface area (Å²) in [5, 5.41) is 7.65. The maximum absolute atomic E-state index is 2.56. The molecule has 1 fully saturated rings. The first-order valence-electron chi connectivity index (χ1n) is 22.0. The number of benzene rings is 10. The van der Waals surface area contributed by atoms with Crippen LogP contribution in [0.5, 0.6) is 0 Å². The fourth-order valence-electron chi connectivity index (χ4n) is 10.3. The molecule has 1 aliphatic carbocycles. The molecule has 0 spiro atoms. The summed E-state index contributed by atoms with van der Waals surface area (Å²) in [6, 6.07) is 80.9. The van der Waals surface area contributed by atoms with Gasteiger partial charge in [-0.15, -0.1) is 0 Å². The molecule has 1 aliphatic rings. The molecule has 0 N–H and O–H groups in total. The fourth-order valence-corrected chi connectivity index (χ4v) is 10.3. The van der Waals surface area contributed by atoms with Crippen LogP contribution in [0.1, 0.15) is 43.6 Å². The molecule has 1 heteroatoms. The average Bonchev–Trinajstić information content (AvgIpc) is 3.34. The standard InChI is InChI=1S/C60H47N/c1-3-20-43(21-4-1)48-34-16-26-45-28-18-37-54(59(45)48)52-32-10-13-40-57(52)61(56-39-12-9-31-51(56)50-36-15-25-42-24-7-8-30-47(42)50)58-41-14-11-33-53(58)55-38-19-29-46-27-17-35-49(60(46)55)44-22-5-2-6-23-44/h1,3-4,7-21,24-41,44H,2,5-6,22-23H2. The first-order valence-corrected chi connectivity index (χ1v) is 22.0. The minimum atomic E-state index is 0.569. The summed E-state index contributed by atoms with van der Waals surface area (Å²) in [7, 11) is 0. The third-order valence-electron chi connectivity index (χ3n) is 13.1. The minimum absolute atomic E-state index is 0.569. The summed E-state index contributed by atoms with van der Waals surface area (Å²) in [6.07, 6.45) is 6.45. The van der Waals surface area contributed by atoms with E-state index in [-0.39, 0.29) is 0 Å². The van der Waals surface area contributed by atoms with Crippen LogP contribution in [-0.4, -0.2) is 0 Å². The molecule has 0 heterocycles. The summed E-state index contributed by atoms with van der Waals surface area (Å²) in [5.41, 5.74) is 14.7. The first kappa shape index (κ1) is 36.8. The summed E-state index contributed by atoms with van der Waals surface area (Å²) in [5.74, 6) is 0.569. The van der Waals surface area contributed by atoms with Gasteiger partial charge in [0.15, 0.2) is 0 Å². The lowest BCUT2D eigenvalue weighted by molar-refractivity contribution is 0.445. The van der Waals surface area contributed by atoms with Gasteiger partial charge in [-0.3, -0.25) is 0 Å². The molecule has 1 saturated carbocycles. The second kappa shape index (κ2) is 16.1. The number of fused-ring (bicyclic) bond motifs is 3. The van der Waals surface area contributed by atoms with Crippen LogP contribution in [0.25, 0.3) is 76.8 Å². The van der Waals surface area contributed by atoms with Gasteiger partial charge in [0.1, 0.15) is 0 Å². The highest BCUT2D eigenvalue weighted by molar-refractivity contribution is 6.11. The third kappa shape index (κ3) is 6.68. The lowest BCUT2D eigenvalue weighted by Crippen LogP contribution is -2.14. The van der Waals surface area contributed by atoms with Gasteiger partial charge in [0.25, 0.3) is 0 Å². The zero-order chi connectivity index (χ0) is 40.5. The Morgan fingerprint density at radius 3 is 1.36 bits per heavy atom. The second-order valence-corrected chi connectivity index (χ2v) is 16.6. The van der Waals surface area contributed by atoms with Crippen molar-refractivity contribution in [2.24, 2.45) is 0 Å². The number of rotatable bonds is 8. The quantitative estimate of drug-likeness (QED) is 0.148. The Kier molecular flexibility index (Phi) is 9.71. The van der Waals surface area contributed by atoms with E-state index in [4.69, 9.17) is 0 Å². The van der Waals surface area contributed by atoms with E-state index in [9.17, 15) is 0 Å². The smallest absolute Gasteiger partial charge is 0.0540 e. The molecular formula is C60H47N. The summed E-state index contributed by atoms with van der Waals surface area (Å²) in [6.45, 7) is 0. The van der Waals surface area contributed by atoms with E-state index in [1.807, 2.05) is 0 Å². The van der Waals surface area contributed by atoms with Crippen LogP contribution >= 0.6 is 0 Å². The van der Waals surface area contributed by atoms with E-state index >= 15 is 0 Å². The van der Waals surface area contributed by atoms with Crippen molar-refractivity contribution in [3.63, 3.8) is 0 Å². The van der Waals surface area contributed by atoms with Gasteiger partial charge in [-0.2, -0.15) is 0 Å². The Morgan fingerprint density at radius 2 is 0.721 bits per heavy atom. The lowest BCUT2D eigenvalue weighted by Gasteiger charge is -2.32. The molecule has 11 rings (SSSR count). The predicted molar refractivity (Wildman–Crippen MR) is 261 cm³/mol. The van der Waals surface area contributed by atoms with Crippen molar-refractivity contribution in [3.8, 4) is 44.5 Å². The van der Waals surface area contributed by atoms with Gasteiger partial charge < -0.3 is 4.90 Å². The maximum atomic E-state index is 2.56. The monoisotopic (exact) mass is 781 g/mol. The fraction of sp³-hybridized carbons (Fsp3) is 0.100. The third-order valence-corrected chi connectivity index (χ3v) is 13.1. The largest absolute Gasteiger partial charge is 0.309 e. The SMILES string of the molecule is c1ccc(-c2cccc3cccc(-c4ccccc4N(c4ccccc4-c4cccc5ccccc45)c4ccccc4-c4cccc5cccc(C6CCCCC6)c45)c23)cc1. The number of para-hydroxylation sites is 3. The van der Waals surface area contributed by atoms with Gasteiger partial charge >= 0.3 is 0 Å². The Labute approximate surface area is 359 Å². The van der Waals surface area contributed by atoms with Crippen molar-refractivity contribution >= 4 is 49.4 Å². The maximum Gasteiger partial charge on any atom is 0.0540 e. The molecule has 0 radical (unpaired) electrons. The molecule has 0 aromatic heterocycles. The first-order chi connectivity index (χ1) is 30.3. The number of hydrogen-bond acceptors (Lipinski definition) is 1. The Bertz CT molecular complexity index is 3170. The van der Waals surface area contributed by atoms with Gasteiger partial charge in [-0.1, -0.05) is 219 Å². The molecule has 292 valence electrons. The molecule has 1 nitrogen and oxygen atoms in total. The van der Waals surface area contributed by atoms with E-state index in [2.05, 4.69) is 223 Å². The van der Waals surface area contributed by atoms with Crippen LogP contribution in [0, 0.1) is 0 Å². The average molecular weight is 782 g/mol. The Balaban J connectivity index is 1.21. The highest BCUT2D eigenvalue weighted by atomic mass is 15.1. The number of hydrogen-bond donors (Lipinski definition) is 0. The van der Waals surface area contributed by atoms with Crippen molar-refractivity contribution in [1.29, 1.82) is 0 Å². The molecule has 0 aliphatic heterocycles. The predicted octanol–water partition coefficient (Wildman–Crippen LogP) is 17.3. The highest BCUT2D eigenvalue weighted by Crippen LogP contribution is 2.51. The number of nitrogens with zero attached hydrogens (tertiary/aromatic N) is 1. The van der Waals surface area contributed by atoms with Crippen LogP contribution in [0.4, 0.5) is 17.1 Å². The van der Waals surface area contributed by atoms with Crippen molar-refractivity contribution in [3.05, 3.63) is 224 Å². The molecule has 0 atom stereocenters. The van der Waals surface area contributed by atoms with Crippen LogP contribution in [-0.2, 0) is 0 Å². The second-order valence-electron chi connectivity index (χ2n) is 16.6. The molecule has 61 heavy (non-hydrogen) atoms. The van der Waals surface area contributed by atoms with E-state index in [1.54, 1.807) is 0 Å². The Hall–Kier alpha value is -7.22. The van der Waals surface area contributed by atoms with E-state index in [0.717, 1.165) is 17.1 Å². The highest BCUT2D eigenvalue weighted by Gasteiger charge is 2.26. The summed E-state index contributed by atoms with van der Waals surface area (Å²) < 4.78 is 0. The lowest BCUT2D eigenvalue weighted by atomic mass is 9.80. The van der Waals surface area contributed by atoms with Crippen molar-refractivity contribution in [1.82, 2.24) is 0 Å². The molecule has 10 aromatic rings. The van der Waals surface area contributed by atoms with E-state index in [0.29, 0.717) is 5.92 Å². The zero-order valence-corrected chi connectivity index (χ0v) is 34.3. The molecule has 0 saturated heterocycles. The Morgan fingerprint density at radius 1 is 0.295 bits per heavy atom. The van der Waals surface area contributed by atoms with E-state index in [1.165, 1.54) is 114 Å². The summed E-state index contributed by atoms with van der Waals surface area (Å²) in [4.78, 5) is 2.56. The molecular weight excluding hydrogens is 735 g/mol. The number of anilines is 3. The molecule has 0 unspecified atom stereocenters. The van der Waals surface area contributed by atoms with Gasteiger partial charge in [0.2, 0.25) is 0 Å². The summed E-state index contributed by atoms with van der Waals surface area (Å²) >= 11 is 0. The van der Waals surface area contributed by atoms with Gasteiger partial charge in [-0.05, 0) is 103 Å². The van der Waals surface area contributed by atoms with Crippen molar-refractivity contribution in [2.75, 3.05) is 4.90 Å². The van der Waals surface area contributed by atoms with Crippen LogP contribution in [0.2, 0.25) is 0 Å². The minimum Gasteiger partial charge on any atom is -0.309 e. The van der Waals surface area contributed by atoms with Crippen LogP contribution < -0.4 is 4.90 Å². The zero-order valence-electron chi connectivity index (χ0n) is 34.3. The van der Waals surface area contributed by atoms with Gasteiger partial charge in [-0.25, -0.2) is 0 Å². The van der Waals surface area contributed by atoms with Gasteiger partial charge in [0, 0.05) is 16.7 Å². The van der Waals surface area contributed by atoms with Crippen LogP contribution in [0.15, 0.2) is 218 Å². The van der Waals surface area contributed by atoms with Crippen LogP contribution in [0.3, 0.4) is 0 Å². The van der Waals surface area contributed by atoms with Gasteiger partial charge in [0.05, 0.1) is 17.1 Å². The molecule has 0 bridgehead atoms. The van der Waals surface area contributed by atoms with Crippen molar-refractivity contribution < 1.29 is 0 Å². The normalized spacial score (nSPS) is 13.2. The topological polar surface area (TPSA) is 3.24 Å².